The van der Waals surface area contributed by atoms with Crippen LogP contribution in [0.1, 0.15) is 115 Å². The van der Waals surface area contributed by atoms with E-state index in [0.29, 0.717) is 10.7 Å². The molecule has 2 aromatic carbocycles. The van der Waals surface area contributed by atoms with Crippen molar-refractivity contribution in [2.45, 2.75) is 121 Å². The second-order valence-corrected chi connectivity index (χ2v) is 16.6. The number of thiol groups is 1. The molecule has 0 spiro atoms. The molecular weight excluding hydrogens is 643 g/mol. The Morgan fingerprint density at radius 2 is 1.48 bits per heavy atom. The van der Waals surface area contributed by atoms with Gasteiger partial charge in [0.2, 0.25) is 0 Å². The molecule has 1 aliphatic rings. The van der Waals surface area contributed by atoms with Crippen LogP contribution in [0.3, 0.4) is 0 Å². The first kappa shape index (κ1) is 40.0. The lowest BCUT2D eigenvalue weighted by Gasteiger charge is -2.50. The summed E-state index contributed by atoms with van der Waals surface area (Å²) in [6.45, 7) is 20.0. The smallest absolute Gasteiger partial charge is 0.156 e. The van der Waals surface area contributed by atoms with Crippen molar-refractivity contribution in [2.75, 3.05) is 5.75 Å². The molecule has 0 saturated carbocycles. The van der Waals surface area contributed by atoms with Crippen molar-refractivity contribution < 1.29 is 4.79 Å². The molecule has 2 aromatic rings. The number of aldehydes is 1. The van der Waals surface area contributed by atoms with Crippen LogP contribution in [0.2, 0.25) is 0 Å². The van der Waals surface area contributed by atoms with Gasteiger partial charge >= 0.3 is 0 Å². The minimum absolute atomic E-state index is 0.0900. The quantitative estimate of drug-likeness (QED) is 0.0772. The van der Waals surface area contributed by atoms with Gasteiger partial charge in [-0.2, -0.15) is 17.9 Å². The highest BCUT2D eigenvalue weighted by Crippen LogP contribution is 2.58. The minimum Gasteiger partial charge on any atom is -0.297 e. The summed E-state index contributed by atoms with van der Waals surface area (Å²) in [5.74, 6) is 0.622. The fourth-order valence-electron chi connectivity index (χ4n) is 7.02. The predicted octanol–water partition coefficient (Wildman–Crippen LogP) is 12.4. The summed E-state index contributed by atoms with van der Waals surface area (Å²) < 4.78 is 0. The molecule has 258 valence electrons. The van der Waals surface area contributed by atoms with Crippen LogP contribution in [0.15, 0.2) is 94.8 Å². The van der Waals surface area contributed by atoms with Gasteiger partial charge in [0.15, 0.2) is 6.29 Å². The number of carbonyl (C=O) groups is 1. The zero-order valence-electron chi connectivity index (χ0n) is 30.0. The fourth-order valence-corrected chi connectivity index (χ4v) is 9.96. The van der Waals surface area contributed by atoms with Crippen LogP contribution in [0.4, 0.5) is 0 Å². The van der Waals surface area contributed by atoms with Gasteiger partial charge in [0, 0.05) is 26.1 Å². The Morgan fingerprint density at radius 1 is 0.958 bits per heavy atom. The van der Waals surface area contributed by atoms with Crippen molar-refractivity contribution in [3.63, 3.8) is 0 Å². The normalized spacial score (nSPS) is 21.7. The highest BCUT2D eigenvalue weighted by atomic mass is 32.2. The zero-order chi connectivity index (χ0) is 35.2. The standard InChI is InChI=1S/C43H57NOS3/c1-8-11-13-15-17-35-19-23-38(24-20-35)43(39-25-21-36(22-26-39)18-16-14-12-9-2)32(4)27-37(10-3)34(6)47-30-41(42(43,7)31-44)48-40(29-45)28-33(5)46/h19-29,33,41,46H,4,6,8-18,30H2,1-3,5,7H3/b37-27+,40-28-/t33?,41-,42?/m0/s1. The van der Waals surface area contributed by atoms with Crippen molar-refractivity contribution in [3.05, 3.63) is 117 Å². The number of carbonyl (C=O) groups excluding carboxylic acids is 1. The molecule has 3 atom stereocenters. The molecule has 48 heavy (non-hydrogen) atoms. The number of nitriles is 1. The number of hydrogen-bond donors (Lipinski definition) is 1. The summed E-state index contributed by atoms with van der Waals surface area (Å²) in [7, 11) is 0. The van der Waals surface area contributed by atoms with E-state index in [-0.39, 0.29) is 10.5 Å². The molecular formula is C43H57NOS3. The van der Waals surface area contributed by atoms with E-state index in [1.165, 1.54) is 74.3 Å². The number of thioether (sulfide) groups is 2. The third kappa shape index (κ3) is 9.64. The largest absolute Gasteiger partial charge is 0.297 e. The van der Waals surface area contributed by atoms with Gasteiger partial charge in [0.1, 0.15) is 0 Å². The molecule has 0 aromatic heterocycles. The number of benzene rings is 2. The van der Waals surface area contributed by atoms with E-state index in [9.17, 15) is 10.1 Å². The van der Waals surface area contributed by atoms with Crippen LogP contribution in [0.25, 0.3) is 0 Å². The predicted molar refractivity (Wildman–Crippen MR) is 216 cm³/mol. The molecule has 0 amide bonds. The molecule has 2 nitrogen and oxygen atoms in total. The maximum Gasteiger partial charge on any atom is 0.156 e. The van der Waals surface area contributed by atoms with Gasteiger partial charge in [-0.3, -0.25) is 4.79 Å². The SMILES string of the molecule is C=C1SC[C@H](S/C(C=O)=C\C(C)S)C(C)(C#N)C(c2ccc(CCCCCC)cc2)(c2ccc(CCCCCC)cc2)C(=C)/C=C/1CC. The van der Waals surface area contributed by atoms with Gasteiger partial charge in [-0.15, -0.1) is 23.5 Å². The van der Waals surface area contributed by atoms with Gasteiger partial charge in [0.05, 0.1) is 16.9 Å². The molecule has 1 aliphatic heterocycles. The summed E-state index contributed by atoms with van der Waals surface area (Å²) in [5.41, 5.74) is 4.85. The Bertz CT molecular complexity index is 1410. The van der Waals surface area contributed by atoms with E-state index < -0.39 is 10.8 Å². The molecule has 5 heteroatoms. The number of unbranched alkanes of at least 4 members (excludes halogenated alkanes) is 6. The first-order valence-corrected chi connectivity index (χ1v) is 20.3. The molecule has 0 N–H and O–H groups in total. The molecule has 3 rings (SSSR count). The summed E-state index contributed by atoms with van der Waals surface area (Å²) in [6.07, 6.45) is 17.7. The van der Waals surface area contributed by atoms with Crippen molar-refractivity contribution in [3.8, 4) is 6.07 Å². The third-order valence-electron chi connectivity index (χ3n) is 9.85. The van der Waals surface area contributed by atoms with Crippen molar-refractivity contribution >= 4 is 42.4 Å². The highest BCUT2D eigenvalue weighted by Gasteiger charge is 2.57. The lowest BCUT2D eigenvalue weighted by Crippen LogP contribution is -2.51. The van der Waals surface area contributed by atoms with E-state index in [2.05, 4.69) is 108 Å². The molecule has 1 heterocycles. The van der Waals surface area contributed by atoms with E-state index in [1.807, 2.05) is 13.0 Å². The molecule has 0 aliphatic carbocycles. The van der Waals surface area contributed by atoms with E-state index >= 15 is 0 Å². The Labute approximate surface area is 306 Å². The number of rotatable bonds is 17. The van der Waals surface area contributed by atoms with Gasteiger partial charge in [-0.25, -0.2) is 0 Å². The summed E-state index contributed by atoms with van der Waals surface area (Å²) in [5, 5.41) is 11.2. The van der Waals surface area contributed by atoms with Gasteiger partial charge < -0.3 is 0 Å². The number of hydrogen-bond acceptors (Lipinski definition) is 5. The van der Waals surface area contributed by atoms with Crippen molar-refractivity contribution in [2.24, 2.45) is 5.41 Å². The zero-order valence-corrected chi connectivity index (χ0v) is 32.6. The Balaban J connectivity index is 2.34. The summed E-state index contributed by atoms with van der Waals surface area (Å²) >= 11 is 7.74. The van der Waals surface area contributed by atoms with Crippen molar-refractivity contribution in [1.29, 1.82) is 5.26 Å². The first-order chi connectivity index (χ1) is 23.1. The van der Waals surface area contributed by atoms with E-state index in [0.717, 1.165) is 52.7 Å². The van der Waals surface area contributed by atoms with Crippen LogP contribution in [-0.2, 0) is 23.1 Å². The lowest BCUT2D eigenvalue weighted by molar-refractivity contribution is -0.104. The summed E-state index contributed by atoms with van der Waals surface area (Å²) in [4.78, 5) is 14.0. The van der Waals surface area contributed by atoms with Crippen LogP contribution in [0.5, 0.6) is 0 Å². The van der Waals surface area contributed by atoms with E-state index in [1.54, 1.807) is 11.8 Å². The Hall–Kier alpha value is -2.39. The van der Waals surface area contributed by atoms with Crippen molar-refractivity contribution in [1.82, 2.24) is 0 Å². The number of nitrogens with zero attached hydrogens (tertiary/aromatic N) is 1. The second-order valence-electron chi connectivity index (χ2n) is 13.4. The number of allylic oxidation sites excluding steroid dienone is 4. The van der Waals surface area contributed by atoms with Crippen LogP contribution in [-0.4, -0.2) is 22.5 Å². The fraction of sp³-hybridized carbons (Fsp3) is 0.488. The maximum atomic E-state index is 12.4. The van der Waals surface area contributed by atoms with Gasteiger partial charge in [0.25, 0.3) is 0 Å². The molecule has 0 fully saturated rings. The lowest BCUT2D eigenvalue weighted by atomic mass is 9.53. The average molecular weight is 700 g/mol. The van der Waals surface area contributed by atoms with Gasteiger partial charge in [-0.1, -0.05) is 133 Å². The second kappa shape index (κ2) is 19.7. The molecule has 0 saturated heterocycles. The highest BCUT2D eigenvalue weighted by molar-refractivity contribution is 8.07. The molecule has 2 unspecified atom stereocenters. The molecule has 0 radical (unpaired) electrons. The number of aryl methyl sites for hydroxylation is 2. The topological polar surface area (TPSA) is 40.9 Å². The van der Waals surface area contributed by atoms with E-state index in [4.69, 9.17) is 6.58 Å². The minimum atomic E-state index is -1.01. The summed E-state index contributed by atoms with van der Waals surface area (Å²) in [6, 6.07) is 20.8. The third-order valence-corrected chi connectivity index (χ3v) is 12.7. The monoisotopic (exact) mass is 699 g/mol. The Morgan fingerprint density at radius 3 is 1.90 bits per heavy atom. The van der Waals surface area contributed by atoms with Gasteiger partial charge in [-0.05, 0) is 79.4 Å². The maximum absolute atomic E-state index is 12.4. The first-order valence-electron chi connectivity index (χ1n) is 17.9. The Kier molecular flexibility index (Phi) is 16.4. The van der Waals surface area contributed by atoms with Crippen LogP contribution >= 0.6 is 36.2 Å². The molecule has 0 bridgehead atoms. The average Bonchev–Trinajstić information content (AvgIpc) is 3.12. The van der Waals surface area contributed by atoms with Crippen LogP contribution < -0.4 is 0 Å². The van der Waals surface area contributed by atoms with Crippen LogP contribution in [0, 0.1) is 16.7 Å².